The van der Waals surface area contributed by atoms with Gasteiger partial charge in [0.15, 0.2) is 4.34 Å². The number of methoxy groups -OCH3 is 1. The number of sulfonamides is 1. The number of carbonyl (C=O) groups excluding carboxylic acids is 2. The summed E-state index contributed by atoms with van der Waals surface area (Å²) >= 11 is 2.23. The van der Waals surface area contributed by atoms with Crippen molar-refractivity contribution >= 4 is 55.8 Å². The van der Waals surface area contributed by atoms with Gasteiger partial charge in [-0.3, -0.25) is 19.2 Å². The van der Waals surface area contributed by atoms with E-state index in [0.717, 1.165) is 33.7 Å². The molecule has 28 heavy (non-hydrogen) atoms. The number of anilines is 2. The molecule has 2 rings (SSSR count). The molecule has 0 fully saturated rings. The number of hydrogen-bond acceptors (Lipinski definition) is 9. The van der Waals surface area contributed by atoms with Crippen LogP contribution in [-0.4, -0.2) is 55.7 Å². The Bertz CT molecular complexity index is 917. The molecule has 0 bridgehead atoms. The van der Waals surface area contributed by atoms with Crippen molar-refractivity contribution in [2.45, 2.75) is 23.7 Å². The Hall–Kier alpha value is -2.18. The minimum Gasteiger partial charge on any atom is -0.468 e. The Labute approximate surface area is 171 Å². The highest BCUT2D eigenvalue weighted by Crippen LogP contribution is 2.27. The number of nitrogens with one attached hydrogen (secondary N) is 1. The van der Waals surface area contributed by atoms with Crippen LogP contribution >= 0.6 is 23.1 Å². The first-order chi connectivity index (χ1) is 13.3. The van der Waals surface area contributed by atoms with Crippen molar-refractivity contribution < 1.29 is 22.7 Å². The highest BCUT2D eigenvalue weighted by molar-refractivity contribution is 8.01. The lowest BCUT2D eigenvalue weighted by Gasteiger charge is -2.29. The molecule has 1 N–H and O–H groups in total. The Morgan fingerprint density at radius 2 is 1.96 bits per heavy atom. The smallest absolute Gasteiger partial charge is 0.316 e. The molecule has 1 aromatic heterocycles. The minimum atomic E-state index is -3.70. The van der Waals surface area contributed by atoms with Crippen molar-refractivity contribution in [2.75, 3.05) is 28.7 Å². The summed E-state index contributed by atoms with van der Waals surface area (Å²) < 4.78 is 30.8. The second-order valence-corrected chi connectivity index (χ2v) is 9.61. The van der Waals surface area contributed by atoms with Crippen molar-refractivity contribution in [1.82, 2.24) is 10.2 Å². The zero-order chi connectivity index (χ0) is 20.7. The molecule has 1 aromatic carbocycles. The maximum absolute atomic E-state index is 12.8. The molecule has 0 radical (unpaired) electrons. The first-order valence-corrected chi connectivity index (χ1v) is 11.8. The van der Waals surface area contributed by atoms with Gasteiger partial charge >= 0.3 is 5.97 Å². The third-order valence-electron chi connectivity index (χ3n) is 3.52. The van der Waals surface area contributed by atoms with Gasteiger partial charge in [0.25, 0.3) is 0 Å². The molecule has 0 aliphatic heterocycles. The number of carbonyl (C=O) groups is 2. The second-order valence-electron chi connectivity index (χ2n) is 5.55. The van der Waals surface area contributed by atoms with Crippen molar-refractivity contribution in [3.05, 3.63) is 30.3 Å². The molecule has 0 spiro atoms. The number of aromatic nitrogens is 2. The summed E-state index contributed by atoms with van der Waals surface area (Å²) in [7, 11) is -2.41. The van der Waals surface area contributed by atoms with Crippen LogP contribution in [0, 0.1) is 0 Å². The average molecular weight is 445 g/mol. The van der Waals surface area contributed by atoms with Gasteiger partial charge in [-0.15, -0.1) is 10.2 Å². The van der Waals surface area contributed by atoms with Crippen molar-refractivity contribution in [1.29, 1.82) is 0 Å². The fraction of sp³-hybridized carbons (Fsp3) is 0.375. The van der Waals surface area contributed by atoms with E-state index in [1.165, 1.54) is 7.11 Å². The minimum absolute atomic E-state index is 0.0759. The van der Waals surface area contributed by atoms with Gasteiger partial charge < -0.3 is 4.74 Å². The maximum atomic E-state index is 12.8. The number of thioether (sulfide) groups is 1. The Morgan fingerprint density at radius 1 is 1.29 bits per heavy atom. The summed E-state index contributed by atoms with van der Waals surface area (Å²) in [6.45, 7) is 1.73. The lowest BCUT2D eigenvalue weighted by molar-refractivity contribution is -0.137. The molecular weight excluding hydrogens is 424 g/mol. The largest absolute Gasteiger partial charge is 0.468 e. The monoisotopic (exact) mass is 444 g/mol. The van der Waals surface area contributed by atoms with Crippen LogP contribution in [0.15, 0.2) is 34.7 Å². The lowest BCUT2D eigenvalue weighted by atomic mass is 10.2. The first kappa shape index (κ1) is 22.1. The van der Waals surface area contributed by atoms with Gasteiger partial charge in [-0.2, -0.15) is 0 Å². The Balaban J connectivity index is 2.16. The van der Waals surface area contributed by atoms with E-state index in [9.17, 15) is 18.0 Å². The van der Waals surface area contributed by atoms with Gasteiger partial charge in [-0.1, -0.05) is 48.2 Å². The number of nitrogens with zero attached hydrogens (tertiary/aromatic N) is 3. The van der Waals surface area contributed by atoms with Gasteiger partial charge in [0.05, 0.1) is 24.8 Å². The molecule has 1 atom stereocenters. The van der Waals surface area contributed by atoms with Crippen LogP contribution in [0.25, 0.3) is 0 Å². The highest BCUT2D eigenvalue weighted by Gasteiger charge is 2.32. The number of amides is 1. The zero-order valence-corrected chi connectivity index (χ0v) is 17.9. The van der Waals surface area contributed by atoms with Crippen LogP contribution < -0.4 is 9.62 Å². The van der Waals surface area contributed by atoms with Gasteiger partial charge in [0, 0.05) is 0 Å². The van der Waals surface area contributed by atoms with Crippen molar-refractivity contribution in [3.8, 4) is 0 Å². The molecule has 0 aliphatic rings. The van der Waals surface area contributed by atoms with Crippen LogP contribution in [-0.2, 0) is 24.3 Å². The molecule has 1 heterocycles. The standard InChI is InChI=1S/C16H20N4O5S3/c1-4-12(20(28(3,23)24)11-8-6-5-7-9-11)14(22)17-15-18-19-16(27-15)26-10-13(21)25-2/h5-9,12H,4,10H2,1-3H3,(H,17,18,22)/t12-/m0/s1. The topological polar surface area (TPSA) is 119 Å². The number of ether oxygens (including phenoxy) is 1. The van der Waals surface area contributed by atoms with Crippen LogP contribution in [0.3, 0.4) is 0 Å². The van der Waals surface area contributed by atoms with Crippen LogP contribution in [0.2, 0.25) is 0 Å². The molecular formula is C16H20N4O5S3. The number of benzene rings is 1. The van der Waals surface area contributed by atoms with E-state index in [1.807, 2.05) is 0 Å². The van der Waals surface area contributed by atoms with Crippen LogP contribution in [0.5, 0.6) is 0 Å². The fourth-order valence-corrected chi connectivity index (χ4v) is 5.12. The summed E-state index contributed by atoms with van der Waals surface area (Å²) in [6, 6.07) is 7.47. The zero-order valence-electron chi connectivity index (χ0n) is 15.5. The van der Waals surface area contributed by atoms with Crippen LogP contribution in [0.1, 0.15) is 13.3 Å². The molecule has 152 valence electrons. The van der Waals surface area contributed by atoms with E-state index in [-0.39, 0.29) is 17.3 Å². The molecule has 0 aliphatic carbocycles. The highest BCUT2D eigenvalue weighted by atomic mass is 32.2. The van der Waals surface area contributed by atoms with Crippen molar-refractivity contribution in [3.63, 3.8) is 0 Å². The third-order valence-corrected chi connectivity index (χ3v) is 6.64. The number of hydrogen-bond donors (Lipinski definition) is 1. The number of esters is 1. The van der Waals surface area contributed by atoms with Gasteiger partial charge in [-0.25, -0.2) is 8.42 Å². The third kappa shape index (κ3) is 5.91. The van der Waals surface area contributed by atoms with E-state index in [2.05, 4.69) is 20.3 Å². The molecule has 0 saturated heterocycles. The molecule has 2 aromatic rings. The van der Waals surface area contributed by atoms with E-state index in [0.29, 0.717) is 10.0 Å². The van der Waals surface area contributed by atoms with Crippen LogP contribution in [0.4, 0.5) is 10.8 Å². The summed E-state index contributed by atoms with van der Waals surface area (Å²) in [5.41, 5.74) is 0.401. The fourth-order valence-electron chi connectivity index (χ4n) is 2.32. The average Bonchev–Trinajstić information content (AvgIpc) is 3.10. The van der Waals surface area contributed by atoms with E-state index >= 15 is 0 Å². The predicted molar refractivity (Wildman–Crippen MR) is 109 cm³/mol. The summed E-state index contributed by atoms with van der Waals surface area (Å²) in [6.07, 6.45) is 1.32. The predicted octanol–water partition coefficient (Wildman–Crippen LogP) is 1.99. The van der Waals surface area contributed by atoms with Gasteiger partial charge in [0.2, 0.25) is 21.1 Å². The van der Waals surface area contributed by atoms with Gasteiger partial charge in [0.1, 0.15) is 6.04 Å². The van der Waals surface area contributed by atoms with E-state index in [4.69, 9.17) is 0 Å². The quantitative estimate of drug-likeness (QED) is 0.354. The summed E-state index contributed by atoms with van der Waals surface area (Å²) in [5, 5.41) is 10.6. The second kappa shape index (κ2) is 9.85. The molecule has 12 heteroatoms. The molecule has 0 unspecified atom stereocenters. The van der Waals surface area contributed by atoms with E-state index in [1.54, 1.807) is 37.3 Å². The molecule has 9 nitrogen and oxygen atoms in total. The normalized spacial score (nSPS) is 12.2. The molecule has 0 saturated carbocycles. The maximum Gasteiger partial charge on any atom is 0.316 e. The summed E-state index contributed by atoms with van der Waals surface area (Å²) in [4.78, 5) is 24.0. The number of rotatable bonds is 9. The molecule has 1 amide bonds. The van der Waals surface area contributed by atoms with E-state index < -0.39 is 27.9 Å². The Morgan fingerprint density at radius 3 is 2.54 bits per heavy atom. The van der Waals surface area contributed by atoms with Gasteiger partial charge in [-0.05, 0) is 18.6 Å². The number of para-hydroxylation sites is 1. The summed E-state index contributed by atoms with van der Waals surface area (Å²) in [5.74, 6) is -0.840. The Kier molecular flexibility index (Phi) is 7.78. The lowest BCUT2D eigenvalue weighted by Crippen LogP contribution is -2.46. The SMILES string of the molecule is CC[C@@H](C(=O)Nc1nnc(SCC(=O)OC)s1)N(c1ccccc1)S(C)(=O)=O. The first-order valence-electron chi connectivity index (χ1n) is 8.14. The van der Waals surface area contributed by atoms with Crippen molar-refractivity contribution in [2.24, 2.45) is 0 Å².